The molecular weight excluding hydrogens is 296 g/mol. The van der Waals surface area contributed by atoms with E-state index in [4.69, 9.17) is 0 Å². The second kappa shape index (κ2) is 7.64. The summed E-state index contributed by atoms with van der Waals surface area (Å²) in [6, 6.07) is 2.37. The van der Waals surface area contributed by atoms with Crippen LogP contribution in [0.5, 0.6) is 0 Å². The zero-order valence-electron chi connectivity index (χ0n) is 13.4. The smallest absolute Gasteiger partial charge is 0.308 e. The molecule has 2 rings (SSSR count). The van der Waals surface area contributed by atoms with E-state index in [2.05, 4.69) is 17.9 Å². The molecule has 1 atom stereocenters. The van der Waals surface area contributed by atoms with Crippen molar-refractivity contribution in [3.05, 3.63) is 16.0 Å². The normalized spacial score (nSPS) is 14.4. The average molecular weight is 320 g/mol. The van der Waals surface area contributed by atoms with Crippen molar-refractivity contribution in [2.75, 3.05) is 18.0 Å². The SMILES string of the molecule is CCCCCN(CC(C)C(=O)O)c1sc2c(c1C#N)CCC2. The number of hydrogen-bond acceptors (Lipinski definition) is 4. The van der Waals surface area contributed by atoms with E-state index in [1.807, 2.05) is 0 Å². The molecule has 120 valence electrons. The van der Waals surface area contributed by atoms with Crippen molar-refractivity contribution in [3.63, 3.8) is 0 Å². The summed E-state index contributed by atoms with van der Waals surface area (Å²) < 4.78 is 0. The maximum Gasteiger partial charge on any atom is 0.308 e. The van der Waals surface area contributed by atoms with Crippen LogP contribution in [0.25, 0.3) is 0 Å². The molecule has 1 unspecified atom stereocenters. The number of hydrogen-bond donors (Lipinski definition) is 1. The lowest BCUT2D eigenvalue weighted by atomic mass is 10.1. The fourth-order valence-corrected chi connectivity index (χ4v) is 4.34. The summed E-state index contributed by atoms with van der Waals surface area (Å²) in [4.78, 5) is 14.7. The Morgan fingerprint density at radius 1 is 1.45 bits per heavy atom. The number of aliphatic carboxylic acids is 1. The van der Waals surface area contributed by atoms with Crippen molar-refractivity contribution in [3.8, 4) is 6.07 Å². The fraction of sp³-hybridized carbons (Fsp3) is 0.647. The number of thiophene rings is 1. The highest BCUT2D eigenvalue weighted by molar-refractivity contribution is 7.16. The first-order valence-electron chi connectivity index (χ1n) is 8.10. The zero-order chi connectivity index (χ0) is 16.1. The maximum absolute atomic E-state index is 11.2. The minimum atomic E-state index is -0.775. The predicted molar refractivity (Wildman–Crippen MR) is 89.6 cm³/mol. The van der Waals surface area contributed by atoms with Crippen LogP contribution in [0.3, 0.4) is 0 Å². The van der Waals surface area contributed by atoms with E-state index in [0.717, 1.165) is 55.6 Å². The summed E-state index contributed by atoms with van der Waals surface area (Å²) in [5.74, 6) is -1.20. The Hall–Kier alpha value is -1.54. The van der Waals surface area contributed by atoms with Gasteiger partial charge in [0.2, 0.25) is 0 Å². The highest BCUT2D eigenvalue weighted by atomic mass is 32.1. The number of nitrogens with zero attached hydrogens (tertiary/aromatic N) is 2. The fourth-order valence-electron chi connectivity index (χ4n) is 2.96. The Morgan fingerprint density at radius 2 is 2.23 bits per heavy atom. The van der Waals surface area contributed by atoms with Crippen LogP contribution in [0.4, 0.5) is 5.00 Å². The van der Waals surface area contributed by atoms with Crippen LogP contribution in [0, 0.1) is 17.2 Å². The molecule has 5 heteroatoms. The molecule has 1 aliphatic rings. The molecule has 1 aromatic rings. The van der Waals surface area contributed by atoms with Gasteiger partial charge in [0.1, 0.15) is 11.1 Å². The summed E-state index contributed by atoms with van der Waals surface area (Å²) in [5.41, 5.74) is 2.01. The minimum Gasteiger partial charge on any atom is -0.481 e. The molecule has 1 aromatic heterocycles. The average Bonchev–Trinajstić information content (AvgIpc) is 3.06. The number of carboxylic acid groups (broad SMARTS) is 1. The molecule has 0 saturated heterocycles. The van der Waals surface area contributed by atoms with Gasteiger partial charge in [0.25, 0.3) is 0 Å². The number of unbranched alkanes of at least 4 members (excludes halogenated alkanes) is 2. The monoisotopic (exact) mass is 320 g/mol. The molecule has 1 N–H and O–H groups in total. The van der Waals surface area contributed by atoms with Gasteiger partial charge in [0, 0.05) is 18.0 Å². The number of nitriles is 1. The molecule has 0 radical (unpaired) electrons. The molecular formula is C17H24N2O2S. The van der Waals surface area contributed by atoms with Crippen LogP contribution < -0.4 is 4.90 Å². The standard InChI is InChI=1S/C17H24N2O2S/c1-3-4-5-9-19(11-12(2)17(20)21)16-14(10-18)13-7-6-8-15(13)22-16/h12H,3-9,11H2,1-2H3,(H,20,21). The molecule has 0 spiro atoms. The Kier molecular flexibility index (Phi) is 5.84. The molecule has 0 aromatic carbocycles. The summed E-state index contributed by atoms with van der Waals surface area (Å²) in [5, 5.41) is 19.8. The van der Waals surface area contributed by atoms with Crippen molar-refractivity contribution in [1.29, 1.82) is 5.26 Å². The van der Waals surface area contributed by atoms with Crippen molar-refractivity contribution in [1.82, 2.24) is 0 Å². The first-order valence-corrected chi connectivity index (χ1v) is 8.92. The molecule has 22 heavy (non-hydrogen) atoms. The van der Waals surface area contributed by atoms with Gasteiger partial charge in [-0.2, -0.15) is 5.26 Å². The van der Waals surface area contributed by atoms with Crippen molar-refractivity contribution in [2.45, 2.75) is 52.4 Å². The number of anilines is 1. The summed E-state index contributed by atoms with van der Waals surface area (Å²) in [6.45, 7) is 5.21. The summed E-state index contributed by atoms with van der Waals surface area (Å²) in [7, 11) is 0. The predicted octanol–water partition coefficient (Wildman–Crippen LogP) is 3.83. The molecule has 0 bridgehead atoms. The Bertz CT molecular complexity index is 574. The first kappa shape index (κ1) is 16.8. The Labute approximate surface area is 136 Å². The van der Waals surface area contributed by atoms with E-state index in [-0.39, 0.29) is 0 Å². The number of carbonyl (C=O) groups is 1. The van der Waals surface area contributed by atoms with Crippen LogP contribution in [0.1, 0.15) is 55.5 Å². The highest BCUT2D eigenvalue weighted by Gasteiger charge is 2.26. The molecule has 0 aliphatic heterocycles. The molecule has 0 saturated carbocycles. The van der Waals surface area contributed by atoms with E-state index in [0.29, 0.717) is 6.54 Å². The van der Waals surface area contributed by atoms with E-state index < -0.39 is 11.9 Å². The highest BCUT2D eigenvalue weighted by Crippen LogP contribution is 2.41. The van der Waals surface area contributed by atoms with Gasteiger partial charge in [0.05, 0.1) is 11.5 Å². The lowest BCUT2D eigenvalue weighted by Gasteiger charge is -2.25. The topological polar surface area (TPSA) is 64.3 Å². The molecule has 1 heterocycles. The number of fused-ring (bicyclic) bond motifs is 1. The number of aryl methyl sites for hydroxylation is 1. The van der Waals surface area contributed by atoms with Crippen molar-refractivity contribution >= 4 is 22.3 Å². The van der Waals surface area contributed by atoms with E-state index in [9.17, 15) is 15.2 Å². The zero-order valence-corrected chi connectivity index (χ0v) is 14.2. The van der Waals surface area contributed by atoms with E-state index >= 15 is 0 Å². The van der Waals surface area contributed by atoms with E-state index in [1.54, 1.807) is 18.3 Å². The van der Waals surface area contributed by atoms with Gasteiger partial charge in [0.15, 0.2) is 0 Å². The lowest BCUT2D eigenvalue weighted by molar-refractivity contribution is -0.140. The second-order valence-electron chi connectivity index (χ2n) is 6.04. The van der Waals surface area contributed by atoms with Crippen LogP contribution >= 0.6 is 11.3 Å². The van der Waals surface area contributed by atoms with Gasteiger partial charge in [-0.3, -0.25) is 4.79 Å². The third-order valence-electron chi connectivity index (χ3n) is 4.25. The minimum absolute atomic E-state index is 0.426. The Balaban J connectivity index is 2.24. The van der Waals surface area contributed by atoms with Gasteiger partial charge in [-0.1, -0.05) is 26.7 Å². The third kappa shape index (κ3) is 3.61. The summed E-state index contributed by atoms with van der Waals surface area (Å²) >= 11 is 1.70. The second-order valence-corrected chi connectivity index (χ2v) is 7.13. The van der Waals surface area contributed by atoms with Gasteiger partial charge in [-0.15, -0.1) is 11.3 Å². The number of carboxylic acids is 1. The van der Waals surface area contributed by atoms with Gasteiger partial charge in [-0.25, -0.2) is 0 Å². The first-order chi connectivity index (χ1) is 10.6. The van der Waals surface area contributed by atoms with Crippen LogP contribution in [0.15, 0.2) is 0 Å². The van der Waals surface area contributed by atoms with Crippen molar-refractivity contribution < 1.29 is 9.90 Å². The van der Waals surface area contributed by atoms with Gasteiger partial charge < -0.3 is 10.0 Å². The lowest BCUT2D eigenvalue weighted by Crippen LogP contribution is -2.32. The van der Waals surface area contributed by atoms with Gasteiger partial charge >= 0.3 is 5.97 Å². The summed E-state index contributed by atoms with van der Waals surface area (Å²) in [6.07, 6.45) is 6.49. The van der Waals surface area contributed by atoms with Gasteiger partial charge in [-0.05, 0) is 31.2 Å². The quantitative estimate of drug-likeness (QED) is 0.739. The molecule has 0 fully saturated rings. The van der Waals surface area contributed by atoms with Crippen LogP contribution in [0.2, 0.25) is 0 Å². The number of rotatable bonds is 8. The maximum atomic E-state index is 11.2. The molecule has 0 amide bonds. The van der Waals surface area contributed by atoms with Crippen molar-refractivity contribution in [2.24, 2.45) is 5.92 Å². The molecule has 1 aliphatic carbocycles. The largest absolute Gasteiger partial charge is 0.481 e. The van der Waals surface area contributed by atoms with Crippen LogP contribution in [-0.2, 0) is 17.6 Å². The van der Waals surface area contributed by atoms with E-state index in [1.165, 1.54) is 10.4 Å². The van der Waals surface area contributed by atoms with Crippen LogP contribution in [-0.4, -0.2) is 24.2 Å². The Morgan fingerprint density at radius 3 is 2.86 bits per heavy atom. The third-order valence-corrected chi connectivity index (χ3v) is 5.60. The molecule has 4 nitrogen and oxygen atoms in total.